The number of hydrogen-bond donors (Lipinski definition) is 1. The van der Waals surface area contributed by atoms with Crippen LogP contribution in [-0.2, 0) is 14.3 Å². The SMILES string of the molecule is C[C@@]12C=C[C@@]3(O1)[C@@H](C(=O)N1c4ccccc4S[C@@H]13)[C@H]2C(=O)O. The summed E-state index contributed by atoms with van der Waals surface area (Å²) in [6.45, 7) is 1.76. The molecule has 112 valence electrons. The van der Waals surface area contributed by atoms with Crippen molar-refractivity contribution in [1.29, 1.82) is 0 Å². The quantitative estimate of drug-likeness (QED) is 0.802. The number of carboxylic acids is 1. The lowest BCUT2D eigenvalue weighted by Crippen LogP contribution is -2.43. The van der Waals surface area contributed by atoms with E-state index in [1.807, 2.05) is 36.4 Å². The highest BCUT2D eigenvalue weighted by molar-refractivity contribution is 8.00. The van der Waals surface area contributed by atoms with Gasteiger partial charge < -0.3 is 9.84 Å². The van der Waals surface area contributed by atoms with Crippen LogP contribution in [0.2, 0.25) is 0 Å². The number of aliphatic carboxylic acids is 1. The number of para-hydroxylation sites is 1. The molecule has 22 heavy (non-hydrogen) atoms. The molecule has 2 saturated heterocycles. The molecule has 4 aliphatic rings. The van der Waals surface area contributed by atoms with Crippen LogP contribution in [0.1, 0.15) is 6.92 Å². The number of rotatable bonds is 1. The minimum atomic E-state index is -0.966. The lowest BCUT2D eigenvalue weighted by atomic mass is 9.72. The highest BCUT2D eigenvalue weighted by atomic mass is 32.2. The number of fused-ring (bicyclic) bond motifs is 4. The zero-order chi connectivity index (χ0) is 15.3. The predicted octanol–water partition coefficient (Wildman–Crippen LogP) is 1.88. The lowest BCUT2D eigenvalue weighted by Gasteiger charge is -2.28. The molecule has 1 aromatic carbocycles. The van der Waals surface area contributed by atoms with Gasteiger partial charge >= 0.3 is 5.97 Å². The molecule has 0 aromatic heterocycles. The monoisotopic (exact) mass is 315 g/mol. The molecule has 2 bridgehead atoms. The number of anilines is 1. The second-order valence-corrected chi connectivity index (χ2v) is 7.53. The Morgan fingerprint density at radius 3 is 2.91 bits per heavy atom. The number of benzene rings is 1. The predicted molar refractivity (Wildman–Crippen MR) is 79.5 cm³/mol. The van der Waals surface area contributed by atoms with Crippen molar-refractivity contribution in [2.75, 3.05) is 4.90 Å². The maximum atomic E-state index is 13.0. The third kappa shape index (κ3) is 1.16. The summed E-state index contributed by atoms with van der Waals surface area (Å²) in [5.74, 6) is -2.58. The second kappa shape index (κ2) is 3.58. The molecule has 4 aliphatic heterocycles. The average molecular weight is 315 g/mol. The van der Waals surface area contributed by atoms with Gasteiger partial charge in [0.15, 0.2) is 0 Å². The van der Waals surface area contributed by atoms with Gasteiger partial charge in [-0.15, -0.1) is 0 Å². The summed E-state index contributed by atoms with van der Waals surface area (Å²) in [5, 5.41) is 9.41. The van der Waals surface area contributed by atoms with Gasteiger partial charge in [-0.25, -0.2) is 0 Å². The van der Waals surface area contributed by atoms with E-state index in [0.29, 0.717) is 0 Å². The van der Waals surface area contributed by atoms with E-state index in [-0.39, 0.29) is 11.3 Å². The first kappa shape index (κ1) is 12.7. The van der Waals surface area contributed by atoms with Gasteiger partial charge in [-0.2, -0.15) is 0 Å². The van der Waals surface area contributed by atoms with Crippen LogP contribution in [0.4, 0.5) is 5.69 Å². The van der Waals surface area contributed by atoms with Crippen LogP contribution in [0.3, 0.4) is 0 Å². The molecule has 1 N–H and O–H groups in total. The Morgan fingerprint density at radius 1 is 1.36 bits per heavy atom. The summed E-state index contributed by atoms with van der Waals surface area (Å²) in [6, 6.07) is 7.73. The minimum Gasteiger partial charge on any atom is -0.481 e. The Morgan fingerprint density at radius 2 is 2.14 bits per heavy atom. The van der Waals surface area contributed by atoms with Crippen molar-refractivity contribution in [3.8, 4) is 0 Å². The molecule has 0 unspecified atom stereocenters. The topological polar surface area (TPSA) is 66.8 Å². The molecule has 0 aliphatic carbocycles. The number of nitrogens with zero attached hydrogens (tertiary/aromatic N) is 1. The molecule has 6 heteroatoms. The van der Waals surface area contributed by atoms with E-state index in [4.69, 9.17) is 4.74 Å². The van der Waals surface area contributed by atoms with Gasteiger partial charge in [0.2, 0.25) is 5.91 Å². The first-order valence-corrected chi connectivity index (χ1v) is 8.08. The Balaban J connectivity index is 1.71. The fraction of sp³-hybridized carbons (Fsp3) is 0.375. The van der Waals surface area contributed by atoms with Gasteiger partial charge in [0.1, 0.15) is 16.9 Å². The van der Waals surface area contributed by atoms with Crippen molar-refractivity contribution in [2.24, 2.45) is 11.8 Å². The van der Waals surface area contributed by atoms with E-state index in [9.17, 15) is 14.7 Å². The molecule has 4 heterocycles. The minimum absolute atomic E-state index is 0.136. The van der Waals surface area contributed by atoms with Gasteiger partial charge in [-0.3, -0.25) is 14.5 Å². The number of hydrogen-bond acceptors (Lipinski definition) is 4. The van der Waals surface area contributed by atoms with Crippen LogP contribution >= 0.6 is 11.8 Å². The fourth-order valence-corrected chi connectivity index (χ4v) is 5.88. The Hall–Kier alpha value is -1.79. The second-order valence-electron chi connectivity index (χ2n) is 6.41. The zero-order valence-electron chi connectivity index (χ0n) is 11.7. The summed E-state index contributed by atoms with van der Waals surface area (Å²) in [5.41, 5.74) is -0.868. The number of amides is 1. The molecule has 5 atom stereocenters. The molecule has 1 aromatic rings. The Labute approximate surface area is 130 Å². The zero-order valence-corrected chi connectivity index (χ0v) is 12.5. The van der Waals surface area contributed by atoms with Crippen LogP contribution in [0.25, 0.3) is 0 Å². The van der Waals surface area contributed by atoms with E-state index in [2.05, 4.69) is 0 Å². The van der Waals surface area contributed by atoms with Crippen LogP contribution < -0.4 is 4.90 Å². The summed E-state index contributed by atoms with van der Waals surface area (Å²) in [7, 11) is 0. The molecule has 0 radical (unpaired) electrons. The van der Waals surface area contributed by atoms with E-state index in [1.165, 1.54) is 0 Å². The van der Waals surface area contributed by atoms with Gasteiger partial charge in [0, 0.05) is 4.90 Å². The van der Waals surface area contributed by atoms with Crippen molar-refractivity contribution in [1.82, 2.24) is 0 Å². The van der Waals surface area contributed by atoms with Crippen molar-refractivity contribution in [2.45, 2.75) is 28.4 Å². The third-order valence-corrected chi connectivity index (χ3v) is 6.66. The van der Waals surface area contributed by atoms with Crippen LogP contribution in [-0.4, -0.2) is 33.6 Å². The van der Waals surface area contributed by atoms with Gasteiger partial charge in [-0.05, 0) is 19.1 Å². The Bertz CT molecular complexity index is 777. The molecule has 1 amide bonds. The van der Waals surface area contributed by atoms with E-state index < -0.39 is 29.0 Å². The van der Waals surface area contributed by atoms with Crippen LogP contribution in [0, 0.1) is 11.8 Å². The normalized spacial score (nSPS) is 43.4. The molecular weight excluding hydrogens is 302 g/mol. The van der Waals surface area contributed by atoms with Crippen molar-refractivity contribution in [3.05, 3.63) is 36.4 Å². The van der Waals surface area contributed by atoms with Crippen molar-refractivity contribution in [3.63, 3.8) is 0 Å². The maximum absolute atomic E-state index is 13.0. The van der Waals surface area contributed by atoms with E-state index in [1.54, 1.807) is 23.6 Å². The third-order valence-electron chi connectivity index (χ3n) is 5.26. The summed E-state index contributed by atoms with van der Waals surface area (Å²) in [4.78, 5) is 27.5. The molecule has 5 rings (SSSR count). The number of ether oxygens (including phenoxy) is 1. The number of carboxylic acid groups (broad SMARTS) is 1. The lowest BCUT2D eigenvalue weighted by molar-refractivity contribution is -0.148. The van der Waals surface area contributed by atoms with Crippen LogP contribution in [0.15, 0.2) is 41.3 Å². The molecule has 1 spiro atoms. The molecule has 2 fully saturated rings. The largest absolute Gasteiger partial charge is 0.481 e. The van der Waals surface area contributed by atoms with Gasteiger partial charge in [0.25, 0.3) is 0 Å². The van der Waals surface area contributed by atoms with Crippen LogP contribution in [0.5, 0.6) is 0 Å². The number of carbonyl (C=O) groups excluding carboxylic acids is 1. The summed E-state index contributed by atoms with van der Waals surface area (Å²) in [6.07, 6.45) is 3.74. The highest BCUT2D eigenvalue weighted by Crippen LogP contribution is 2.65. The fourth-order valence-electron chi connectivity index (χ4n) is 4.41. The molecule has 0 saturated carbocycles. The first-order valence-electron chi connectivity index (χ1n) is 7.20. The maximum Gasteiger partial charge on any atom is 0.310 e. The van der Waals surface area contributed by atoms with E-state index in [0.717, 1.165) is 10.6 Å². The molecular formula is C16H13NO4S. The molecule has 5 nitrogen and oxygen atoms in total. The Kier molecular flexibility index (Phi) is 2.07. The number of thioether (sulfide) groups is 1. The highest BCUT2D eigenvalue weighted by Gasteiger charge is 2.76. The van der Waals surface area contributed by atoms with Crippen molar-refractivity contribution >= 4 is 29.3 Å². The van der Waals surface area contributed by atoms with Gasteiger partial charge in [-0.1, -0.05) is 36.0 Å². The van der Waals surface area contributed by atoms with Gasteiger partial charge in [0.05, 0.1) is 17.2 Å². The first-order chi connectivity index (χ1) is 10.5. The van der Waals surface area contributed by atoms with Crippen molar-refractivity contribution < 1.29 is 19.4 Å². The van der Waals surface area contributed by atoms with E-state index >= 15 is 0 Å². The number of carbonyl (C=O) groups is 2. The standard InChI is InChI=1S/C16H13NO4S/c1-15-6-7-16(21-15)10(11(15)13(19)20)12(18)17-8-4-2-3-5-9(8)22-14(16)17/h2-7,10-11,14H,1H3,(H,19,20)/t10-,11+,14-,15+,16-/m1/s1. The smallest absolute Gasteiger partial charge is 0.310 e. The summed E-state index contributed by atoms with van der Waals surface area (Å²) < 4.78 is 6.19. The average Bonchev–Trinajstić information content (AvgIpc) is 3.14. The summed E-state index contributed by atoms with van der Waals surface area (Å²) >= 11 is 1.59.